The van der Waals surface area contributed by atoms with Crippen molar-refractivity contribution in [1.82, 2.24) is 10.3 Å². The lowest BCUT2D eigenvalue weighted by Crippen LogP contribution is -2.38. The van der Waals surface area contributed by atoms with Crippen LogP contribution in [0.25, 0.3) is 0 Å². The molecule has 1 atom stereocenters. The molecule has 0 spiro atoms. The van der Waals surface area contributed by atoms with E-state index in [-0.39, 0.29) is 18.6 Å². The van der Waals surface area contributed by atoms with Gasteiger partial charge in [-0.1, -0.05) is 0 Å². The molecule has 3 rings (SSSR count). The van der Waals surface area contributed by atoms with Gasteiger partial charge in [-0.3, -0.25) is 4.79 Å². The number of hydrogen-bond acceptors (Lipinski definition) is 7. The van der Waals surface area contributed by atoms with Crippen molar-refractivity contribution in [3.8, 4) is 0 Å². The number of ether oxygens (including phenoxy) is 3. The number of rotatable bonds is 6. The fourth-order valence-electron chi connectivity index (χ4n) is 2.88. The van der Waals surface area contributed by atoms with Crippen LogP contribution in [0.2, 0.25) is 0 Å². The molecule has 1 amide bonds. The van der Waals surface area contributed by atoms with Crippen LogP contribution in [0.3, 0.4) is 0 Å². The molecule has 2 saturated heterocycles. The fourth-order valence-corrected chi connectivity index (χ4v) is 2.88. The second kappa shape index (κ2) is 8.77. The highest BCUT2D eigenvalue weighted by molar-refractivity contribution is 5.96. The number of esters is 1. The quantitative estimate of drug-likeness (QED) is 0.742. The number of carbonyl (C=O) groups is 2. The smallest absolute Gasteiger partial charge is 0.342 e. The third-order valence-corrected chi connectivity index (χ3v) is 4.20. The summed E-state index contributed by atoms with van der Waals surface area (Å²) in [7, 11) is 0. The number of hydrogen-bond donors (Lipinski definition) is 1. The number of aromatic nitrogens is 1. The summed E-state index contributed by atoms with van der Waals surface area (Å²) in [4.78, 5) is 30.5. The Morgan fingerprint density at radius 2 is 2.16 bits per heavy atom. The molecule has 0 aromatic carbocycles. The summed E-state index contributed by atoms with van der Waals surface area (Å²) in [6.45, 7) is 3.39. The molecule has 1 N–H and O–H groups in total. The average Bonchev–Trinajstić information content (AvgIpc) is 3.19. The number of nitrogens with zero attached hydrogens (tertiary/aromatic N) is 2. The van der Waals surface area contributed by atoms with E-state index in [4.69, 9.17) is 14.2 Å². The molecule has 1 aromatic heterocycles. The van der Waals surface area contributed by atoms with Gasteiger partial charge < -0.3 is 24.4 Å². The van der Waals surface area contributed by atoms with E-state index in [1.807, 2.05) is 4.90 Å². The normalized spacial score (nSPS) is 20.3. The van der Waals surface area contributed by atoms with E-state index in [1.165, 1.54) is 0 Å². The lowest BCUT2D eigenvalue weighted by Gasteiger charge is -2.28. The third-order valence-electron chi connectivity index (χ3n) is 4.20. The molecule has 2 aliphatic heterocycles. The van der Waals surface area contributed by atoms with Gasteiger partial charge in [0.15, 0.2) is 6.61 Å². The van der Waals surface area contributed by atoms with Crippen molar-refractivity contribution in [2.75, 3.05) is 51.0 Å². The number of nitrogens with one attached hydrogen (secondary N) is 1. The average molecular weight is 349 g/mol. The van der Waals surface area contributed by atoms with Crippen LogP contribution in [0.15, 0.2) is 18.3 Å². The highest BCUT2D eigenvalue weighted by Gasteiger charge is 2.22. The molecule has 3 heterocycles. The predicted octanol–water partition coefficient (Wildman–Crippen LogP) is 0.370. The first-order valence-electron chi connectivity index (χ1n) is 8.57. The van der Waals surface area contributed by atoms with Crippen molar-refractivity contribution in [2.45, 2.75) is 18.9 Å². The van der Waals surface area contributed by atoms with Crippen molar-refractivity contribution in [1.29, 1.82) is 0 Å². The number of anilines is 1. The monoisotopic (exact) mass is 349 g/mol. The van der Waals surface area contributed by atoms with Crippen molar-refractivity contribution in [2.24, 2.45) is 0 Å². The molecule has 0 saturated carbocycles. The minimum absolute atomic E-state index is 0.0610. The second-order valence-corrected chi connectivity index (χ2v) is 5.99. The third kappa shape index (κ3) is 4.90. The van der Waals surface area contributed by atoms with Gasteiger partial charge in [0.25, 0.3) is 5.91 Å². The van der Waals surface area contributed by atoms with Crippen LogP contribution in [-0.4, -0.2) is 69.0 Å². The van der Waals surface area contributed by atoms with Crippen LogP contribution in [0.1, 0.15) is 23.2 Å². The molecule has 0 aliphatic carbocycles. The highest BCUT2D eigenvalue weighted by atomic mass is 16.5. The van der Waals surface area contributed by atoms with E-state index in [9.17, 15) is 9.59 Å². The molecular formula is C17H23N3O5. The molecule has 8 heteroatoms. The van der Waals surface area contributed by atoms with Crippen molar-refractivity contribution < 1.29 is 23.8 Å². The first-order chi connectivity index (χ1) is 12.2. The molecule has 136 valence electrons. The minimum atomic E-state index is -0.554. The molecule has 2 aliphatic rings. The van der Waals surface area contributed by atoms with Crippen LogP contribution in [0, 0.1) is 0 Å². The van der Waals surface area contributed by atoms with Crippen LogP contribution in [-0.2, 0) is 19.0 Å². The predicted molar refractivity (Wildman–Crippen MR) is 89.5 cm³/mol. The highest BCUT2D eigenvalue weighted by Crippen LogP contribution is 2.19. The standard InChI is InChI=1S/C17H23N3O5/c21-15(19-11-13-3-2-8-24-13)12-25-17(22)14-4-1-5-18-16(14)20-6-9-23-10-7-20/h1,4-5,13H,2-3,6-12H2,(H,19,21)/t13-/m1/s1. The molecule has 1 aromatic rings. The summed E-state index contributed by atoms with van der Waals surface area (Å²) < 4.78 is 15.9. The van der Waals surface area contributed by atoms with Gasteiger partial charge in [0, 0.05) is 32.4 Å². The first kappa shape index (κ1) is 17.6. The van der Waals surface area contributed by atoms with Gasteiger partial charge in [-0.05, 0) is 25.0 Å². The van der Waals surface area contributed by atoms with Crippen LogP contribution in [0.5, 0.6) is 0 Å². The van der Waals surface area contributed by atoms with Gasteiger partial charge in [-0.25, -0.2) is 9.78 Å². The molecular weight excluding hydrogens is 326 g/mol. The summed E-state index contributed by atoms with van der Waals surface area (Å²) >= 11 is 0. The van der Waals surface area contributed by atoms with Crippen LogP contribution in [0.4, 0.5) is 5.82 Å². The Bertz CT molecular complexity index is 598. The van der Waals surface area contributed by atoms with Crippen molar-refractivity contribution >= 4 is 17.7 Å². The minimum Gasteiger partial charge on any atom is -0.452 e. The van der Waals surface area contributed by atoms with Gasteiger partial charge in [0.2, 0.25) is 0 Å². The maximum Gasteiger partial charge on any atom is 0.342 e. The Balaban J connectivity index is 1.51. The van der Waals surface area contributed by atoms with Gasteiger partial charge >= 0.3 is 5.97 Å². The van der Waals surface area contributed by atoms with E-state index in [2.05, 4.69) is 10.3 Å². The lowest BCUT2D eigenvalue weighted by molar-refractivity contribution is -0.124. The SMILES string of the molecule is O=C(COC(=O)c1cccnc1N1CCOCC1)NC[C@H]1CCCO1. The van der Waals surface area contributed by atoms with Gasteiger partial charge in [-0.2, -0.15) is 0 Å². The Labute approximate surface area is 146 Å². The summed E-state index contributed by atoms with van der Waals surface area (Å²) in [5.41, 5.74) is 0.358. The summed E-state index contributed by atoms with van der Waals surface area (Å²) in [6, 6.07) is 3.34. The second-order valence-electron chi connectivity index (χ2n) is 5.99. The maximum absolute atomic E-state index is 12.3. The Kier molecular flexibility index (Phi) is 6.19. The van der Waals surface area contributed by atoms with E-state index in [0.29, 0.717) is 44.2 Å². The summed E-state index contributed by atoms with van der Waals surface area (Å²) in [6.07, 6.45) is 3.65. The number of amides is 1. The van der Waals surface area contributed by atoms with E-state index in [1.54, 1.807) is 18.3 Å². The molecule has 0 bridgehead atoms. The maximum atomic E-state index is 12.3. The number of morpholine rings is 1. The lowest BCUT2D eigenvalue weighted by atomic mass is 10.2. The molecule has 8 nitrogen and oxygen atoms in total. The summed E-state index contributed by atoms with van der Waals surface area (Å²) in [5.74, 6) is -0.321. The fraction of sp³-hybridized carbons (Fsp3) is 0.588. The zero-order chi connectivity index (χ0) is 17.5. The summed E-state index contributed by atoms with van der Waals surface area (Å²) in [5, 5.41) is 2.73. The Morgan fingerprint density at radius 3 is 2.92 bits per heavy atom. The van der Waals surface area contributed by atoms with Crippen LogP contribution < -0.4 is 10.2 Å². The molecule has 2 fully saturated rings. The molecule has 0 radical (unpaired) electrons. The molecule has 25 heavy (non-hydrogen) atoms. The zero-order valence-electron chi connectivity index (χ0n) is 14.1. The first-order valence-corrected chi connectivity index (χ1v) is 8.57. The van der Waals surface area contributed by atoms with Gasteiger partial charge in [-0.15, -0.1) is 0 Å². The molecule has 0 unspecified atom stereocenters. The Hall–Kier alpha value is -2.19. The topological polar surface area (TPSA) is 90.0 Å². The van der Waals surface area contributed by atoms with E-state index in [0.717, 1.165) is 19.4 Å². The van der Waals surface area contributed by atoms with Gasteiger partial charge in [0.1, 0.15) is 11.4 Å². The van der Waals surface area contributed by atoms with E-state index >= 15 is 0 Å². The zero-order valence-corrected chi connectivity index (χ0v) is 14.1. The van der Waals surface area contributed by atoms with Crippen molar-refractivity contribution in [3.63, 3.8) is 0 Å². The number of pyridine rings is 1. The Morgan fingerprint density at radius 1 is 1.32 bits per heavy atom. The van der Waals surface area contributed by atoms with Crippen molar-refractivity contribution in [3.05, 3.63) is 23.9 Å². The number of carbonyl (C=O) groups excluding carboxylic acids is 2. The van der Waals surface area contributed by atoms with Crippen LogP contribution >= 0.6 is 0 Å². The largest absolute Gasteiger partial charge is 0.452 e. The van der Waals surface area contributed by atoms with Gasteiger partial charge in [0.05, 0.1) is 19.3 Å². The van der Waals surface area contributed by atoms with E-state index < -0.39 is 5.97 Å².